The minimum Gasteiger partial charge on any atom is -0.349 e. The van der Waals surface area contributed by atoms with E-state index in [0.717, 1.165) is 17.7 Å². The van der Waals surface area contributed by atoms with Crippen molar-refractivity contribution in [3.63, 3.8) is 0 Å². The Hall–Kier alpha value is -1.32. The zero-order valence-electron chi connectivity index (χ0n) is 12.3. The number of hydrogen-bond donors (Lipinski definition) is 2. The van der Waals surface area contributed by atoms with Gasteiger partial charge in [0.2, 0.25) is 0 Å². The van der Waals surface area contributed by atoms with E-state index in [0.29, 0.717) is 17.9 Å². The van der Waals surface area contributed by atoms with Gasteiger partial charge in [-0.15, -0.1) is 0 Å². The Balaban J connectivity index is 1.61. The lowest BCUT2D eigenvalue weighted by atomic mass is 9.96. The van der Waals surface area contributed by atoms with Crippen molar-refractivity contribution in [1.29, 1.82) is 0 Å². The van der Waals surface area contributed by atoms with E-state index in [4.69, 9.17) is 0 Å². The number of amides is 1. The van der Waals surface area contributed by atoms with Crippen LogP contribution in [-0.2, 0) is 0 Å². The maximum Gasteiger partial charge on any atom is 0.254 e. The fourth-order valence-electron chi connectivity index (χ4n) is 3.45. The Labute approximate surface area is 120 Å². The molecule has 2 aliphatic rings. The van der Waals surface area contributed by atoms with Crippen molar-refractivity contribution in [3.8, 4) is 0 Å². The summed E-state index contributed by atoms with van der Waals surface area (Å²) in [4.78, 5) is 12.5. The molecule has 2 aliphatic carbocycles. The van der Waals surface area contributed by atoms with Crippen LogP contribution in [0.1, 0.15) is 80.3 Å². The molecule has 0 saturated heterocycles. The second-order valence-corrected chi connectivity index (χ2v) is 6.38. The maximum atomic E-state index is 12.5. The van der Waals surface area contributed by atoms with Crippen molar-refractivity contribution in [2.24, 2.45) is 5.92 Å². The predicted molar refractivity (Wildman–Crippen MR) is 78.7 cm³/mol. The number of nitrogens with one attached hydrogen (secondary N) is 2. The van der Waals surface area contributed by atoms with E-state index >= 15 is 0 Å². The van der Waals surface area contributed by atoms with Crippen LogP contribution in [0.3, 0.4) is 0 Å². The van der Waals surface area contributed by atoms with Crippen LogP contribution in [0.4, 0.5) is 0 Å². The molecule has 1 aromatic heterocycles. The van der Waals surface area contributed by atoms with Crippen molar-refractivity contribution in [1.82, 2.24) is 15.5 Å². The fraction of sp³-hybridized carbons (Fsp3) is 0.750. The molecular weight excluding hydrogens is 250 g/mol. The van der Waals surface area contributed by atoms with Gasteiger partial charge < -0.3 is 5.32 Å². The lowest BCUT2D eigenvalue weighted by Gasteiger charge is -2.20. The summed E-state index contributed by atoms with van der Waals surface area (Å²) in [7, 11) is 0. The molecule has 0 bridgehead atoms. The van der Waals surface area contributed by atoms with Gasteiger partial charge in [-0.25, -0.2) is 0 Å². The lowest BCUT2D eigenvalue weighted by molar-refractivity contribution is 0.0925. The van der Waals surface area contributed by atoms with Gasteiger partial charge in [0.15, 0.2) is 0 Å². The number of carbonyl (C=O) groups is 1. The SMILES string of the molecule is CCCC[C@H]1CCC[C@@H]1NC(=O)c1cn[nH]c1C1CC1. The van der Waals surface area contributed by atoms with Crippen molar-refractivity contribution in [3.05, 3.63) is 17.5 Å². The molecule has 4 nitrogen and oxygen atoms in total. The molecule has 110 valence electrons. The van der Waals surface area contributed by atoms with Crippen LogP contribution < -0.4 is 5.32 Å². The molecule has 1 heterocycles. The largest absolute Gasteiger partial charge is 0.349 e. The molecule has 2 fully saturated rings. The molecule has 0 aliphatic heterocycles. The highest BCUT2D eigenvalue weighted by atomic mass is 16.1. The summed E-state index contributed by atoms with van der Waals surface area (Å²) in [6, 6.07) is 0.371. The van der Waals surface area contributed by atoms with E-state index in [-0.39, 0.29) is 5.91 Å². The Morgan fingerprint density at radius 2 is 2.25 bits per heavy atom. The van der Waals surface area contributed by atoms with Crippen molar-refractivity contribution >= 4 is 5.91 Å². The summed E-state index contributed by atoms with van der Waals surface area (Å²) < 4.78 is 0. The van der Waals surface area contributed by atoms with Gasteiger partial charge in [0.1, 0.15) is 0 Å². The molecule has 0 spiro atoms. The first kappa shape index (κ1) is 13.7. The fourth-order valence-corrected chi connectivity index (χ4v) is 3.45. The number of nitrogens with zero attached hydrogens (tertiary/aromatic N) is 1. The number of H-pyrrole nitrogens is 1. The zero-order chi connectivity index (χ0) is 13.9. The molecule has 0 radical (unpaired) electrons. The topological polar surface area (TPSA) is 57.8 Å². The summed E-state index contributed by atoms with van der Waals surface area (Å²) >= 11 is 0. The van der Waals surface area contributed by atoms with Crippen LogP contribution in [0.5, 0.6) is 0 Å². The van der Waals surface area contributed by atoms with Crippen molar-refractivity contribution < 1.29 is 4.79 Å². The van der Waals surface area contributed by atoms with Gasteiger partial charge >= 0.3 is 0 Å². The van der Waals surface area contributed by atoms with Gasteiger partial charge in [-0.05, 0) is 38.0 Å². The third-order valence-electron chi connectivity index (χ3n) is 4.80. The molecule has 3 rings (SSSR count). The van der Waals surface area contributed by atoms with E-state index < -0.39 is 0 Å². The summed E-state index contributed by atoms with van der Waals surface area (Å²) in [5, 5.41) is 10.3. The number of aromatic nitrogens is 2. The summed E-state index contributed by atoms with van der Waals surface area (Å²) in [5.74, 6) is 1.29. The van der Waals surface area contributed by atoms with E-state index in [2.05, 4.69) is 22.4 Å². The number of aromatic amines is 1. The summed E-state index contributed by atoms with van der Waals surface area (Å²) in [5.41, 5.74) is 1.82. The van der Waals surface area contributed by atoms with Gasteiger partial charge in [0.25, 0.3) is 5.91 Å². The highest BCUT2D eigenvalue weighted by Gasteiger charge is 2.32. The Morgan fingerprint density at radius 3 is 3.00 bits per heavy atom. The van der Waals surface area contributed by atoms with Gasteiger partial charge in [-0.1, -0.05) is 26.2 Å². The van der Waals surface area contributed by atoms with Crippen molar-refractivity contribution in [2.45, 2.75) is 70.3 Å². The first-order chi connectivity index (χ1) is 9.79. The normalized spacial score (nSPS) is 25.9. The van der Waals surface area contributed by atoms with Crippen molar-refractivity contribution in [2.75, 3.05) is 0 Å². The summed E-state index contributed by atoms with van der Waals surface area (Å²) in [6.45, 7) is 2.23. The molecule has 0 aromatic carbocycles. The Bertz CT molecular complexity index is 464. The van der Waals surface area contributed by atoms with E-state index in [1.807, 2.05) is 0 Å². The van der Waals surface area contributed by atoms with Gasteiger partial charge in [0, 0.05) is 12.0 Å². The molecule has 1 amide bonds. The molecular formula is C16H25N3O. The van der Waals surface area contributed by atoms with E-state index in [1.54, 1.807) is 6.20 Å². The molecule has 2 atom stereocenters. The first-order valence-electron chi connectivity index (χ1n) is 8.13. The number of unbranched alkanes of at least 4 members (excludes halogenated alkanes) is 1. The quantitative estimate of drug-likeness (QED) is 0.836. The second kappa shape index (κ2) is 5.98. The van der Waals surface area contributed by atoms with Crippen LogP contribution in [0.15, 0.2) is 6.20 Å². The third-order valence-corrected chi connectivity index (χ3v) is 4.80. The van der Waals surface area contributed by atoms with Crippen LogP contribution in [0.2, 0.25) is 0 Å². The smallest absolute Gasteiger partial charge is 0.254 e. The molecule has 1 aromatic rings. The standard InChI is InChI=1S/C16H25N3O/c1-2-3-5-11-6-4-7-14(11)18-16(20)13-10-17-19-15(13)12-8-9-12/h10-12,14H,2-9H2,1H3,(H,17,19)(H,18,20)/t11-,14-/m0/s1. The molecule has 20 heavy (non-hydrogen) atoms. The highest BCUT2D eigenvalue weighted by Crippen LogP contribution is 2.40. The maximum absolute atomic E-state index is 12.5. The average molecular weight is 275 g/mol. The minimum absolute atomic E-state index is 0.0778. The van der Waals surface area contributed by atoms with E-state index in [9.17, 15) is 4.79 Å². The van der Waals surface area contributed by atoms with Gasteiger partial charge in [-0.2, -0.15) is 5.10 Å². The molecule has 2 saturated carbocycles. The molecule has 0 unspecified atom stereocenters. The minimum atomic E-state index is 0.0778. The molecule has 2 N–H and O–H groups in total. The Kier molecular flexibility index (Phi) is 4.08. The predicted octanol–water partition coefficient (Wildman–Crippen LogP) is 3.38. The third kappa shape index (κ3) is 2.89. The number of hydrogen-bond acceptors (Lipinski definition) is 2. The molecule has 4 heteroatoms. The number of rotatable bonds is 6. The first-order valence-corrected chi connectivity index (χ1v) is 8.13. The second-order valence-electron chi connectivity index (χ2n) is 6.38. The highest BCUT2D eigenvalue weighted by molar-refractivity contribution is 5.95. The van der Waals surface area contributed by atoms with Crippen LogP contribution in [0, 0.1) is 5.92 Å². The van der Waals surface area contributed by atoms with Crippen LogP contribution in [0.25, 0.3) is 0 Å². The summed E-state index contributed by atoms with van der Waals surface area (Å²) in [6.07, 6.45) is 11.5. The number of carbonyl (C=O) groups excluding carboxylic acids is 1. The average Bonchev–Trinajstić information content (AvgIpc) is 3.01. The monoisotopic (exact) mass is 275 g/mol. The van der Waals surface area contributed by atoms with Crippen LogP contribution in [-0.4, -0.2) is 22.1 Å². The van der Waals surface area contributed by atoms with Gasteiger partial charge in [-0.3, -0.25) is 9.89 Å². The van der Waals surface area contributed by atoms with E-state index in [1.165, 1.54) is 44.9 Å². The van der Waals surface area contributed by atoms with Crippen LogP contribution >= 0.6 is 0 Å². The van der Waals surface area contributed by atoms with Gasteiger partial charge in [0.05, 0.1) is 17.5 Å². The zero-order valence-corrected chi connectivity index (χ0v) is 12.3. The Morgan fingerprint density at radius 1 is 1.40 bits per heavy atom. The lowest BCUT2D eigenvalue weighted by Crippen LogP contribution is -2.37.